The molecule has 7 heteroatoms. The van der Waals surface area contributed by atoms with E-state index in [9.17, 15) is 10.2 Å². The number of pyridine rings is 1. The van der Waals surface area contributed by atoms with Crippen LogP contribution in [0.4, 0.5) is 5.82 Å². The molecule has 3 rings (SSSR count). The van der Waals surface area contributed by atoms with E-state index in [1.165, 1.54) is 6.33 Å². The topological polar surface area (TPSA) is 117 Å². The number of aromatic nitrogens is 3. The number of anilines is 1. The largest absolute Gasteiger partial charge is 0.506 e. The van der Waals surface area contributed by atoms with Crippen LogP contribution >= 0.6 is 0 Å². The van der Waals surface area contributed by atoms with Crippen molar-refractivity contribution in [2.24, 2.45) is 0 Å². The number of nitrogens with zero attached hydrogens (tertiary/aromatic N) is 3. The number of imidazole rings is 1. The van der Waals surface area contributed by atoms with Gasteiger partial charge in [0.15, 0.2) is 17.3 Å². The molecule has 98 valence electrons. The lowest BCUT2D eigenvalue weighted by atomic mass is 10.2. The highest BCUT2D eigenvalue weighted by Gasteiger charge is 2.28. The van der Waals surface area contributed by atoms with Gasteiger partial charge < -0.3 is 25.6 Å². The van der Waals surface area contributed by atoms with Gasteiger partial charge in [0.1, 0.15) is 11.6 Å². The molecule has 1 aliphatic carbocycles. The van der Waals surface area contributed by atoms with Gasteiger partial charge in [-0.05, 0) is 12.1 Å². The number of fused-ring (bicyclic) bond motifs is 1. The van der Waals surface area contributed by atoms with Gasteiger partial charge in [-0.1, -0.05) is 0 Å². The van der Waals surface area contributed by atoms with E-state index < -0.39 is 6.04 Å². The first-order valence-corrected chi connectivity index (χ1v) is 5.64. The molecule has 0 fully saturated rings. The Morgan fingerprint density at radius 3 is 2.79 bits per heavy atom. The van der Waals surface area contributed by atoms with Crippen LogP contribution in [0.1, 0.15) is 6.04 Å². The van der Waals surface area contributed by atoms with Crippen LogP contribution < -0.4 is 5.73 Å². The summed E-state index contributed by atoms with van der Waals surface area (Å²) in [5, 5.41) is 28.7. The van der Waals surface area contributed by atoms with Gasteiger partial charge in [0, 0.05) is 11.8 Å². The van der Waals surface area contributed by atoms with Crippen molar-refractivity contribution < 1.29 is 15.3 Å². The summed E-state index contributed by atoms with van der Waals surface area (Å²) >= 11 is 0. The van der Waals surface area contributed by atoms with Crippen molar-refractivity contribution in [2.45, 2.75) is 6.04 Å². The van der Waals surface area contributed by atoms with Crippen molar-refractivity contribution in [3.05, 3.63) is 41.8 Å². The fraction of sp³-hybridized carbons (Fsp3) is 0.167. The standard InChI is InChI=1S/C12H12N4O3/c13-12-9-7(1-2-14-12)16(5-15-9)8-3-6(4-17)10(18)11(8)19/h1-3,5,8,17-19H,4H2,(H2,13,14)/t8-/m1/s1. The predicted molar refractivity (Wildman–Crippen MR) is 68.4 cm³/mol. The van der Waals surface area contributed by atoms with E-state index in [1.54, 1.807) is 22.9 Å². The average Bonchev–Trinajstić information content (AvgIpc) is 2.94. The predicted octanol–water partition coefficient (Wildman–Crippen LogP) is 0.815. The Morgan fingerprint density at radius 2 is 2.11 bits per heavy atom. The molecule has 1 aliphatic rings. The van der Waals surface area contributed by atoms with Crippen LogP contribution in [-0.2, 0) is 0 Å². The van der Waals surface area contributed by atoms with E-state index in [-0.39, 0.29) is 23.7 Å². The molecule has 7 nitrogen and oxygen atoms in total. The molecule has 2 aromatic heterocycles. The molecule has 2 heterocycles. The molecule has 0 saturated carbocycles. The summed E-state index contributed by atoms with van der Waals surface area (Å²) in [4.78, 5) is 8.08. The summed E-state index contributed by atoms with van der Waals surface area (Å²) in [5.41, 5.74) is 7.22. The smallest absolute Gasteiger partial charge is 0.161 e. The average molecular weight is 260 g/mol. The summed E-state index contributed by atoms with van der Waals surface area (Å²) in [6.45, 7) is -0.345. The number of hydrogen-bond acceptors (Lipinski definition) is 6. The first-order chi connectivity index (χ1) is 9.13. The highest BCUT2D eigenvalue weighted by atomic mass is 16.3. The summed E-state index contributed by atoms with van der Waals surface area (Å²) in [6, 6.07) is 1.11. The van der Waals surface area contributed by atoms with E-state index in [2.05, 4.69) is 9.97 Å². The summed E-state index contributed by atoms with van der Waals surface area (Å²) in [7, 11) is 0. The number of nitrogens with two attached hydrogens (primary N) is 1. The van der Waals surface area contributed by atoms with Crippen LogP contribution in [0.5, 0.6) is 0 Å². The van der Waals surface area contributed by atoms with Gasteiger partial charge in [-0.15, -0.1) is 0 Å². The Hall–Kier alpha value is -2.54. The van der Waals surface area contributed by atoms with Crippen molar-refractivity contribution in [2.75, 3.05) is 12.3 Å². The molecule has 0 aromatic carbocycles. The molecular weight excluding hydrogens is 248 g/mol. The first kappa shape index (κ1) is 11.5. The molecule has 0 saturated heterocycles. The van der Waals surface area contributed by atoms with Crippen molar-refractivity contribution >= 4 is 16.9 Å². The molecule has 0 radical (unpaired) electrons. The maximum atomic E-state index is 9.93. The van der Waals surface area contributed by atoms with Gasteiger partial charge in [-0.2, -0.15) is 0 Å². The molecule has 19 heavy (non-hydrogen) atoms. The molecule has 0 spiro atoms. The molecule has 1 atom stereocenters. The van der Waals surface area contributed by atoms with Crippen LogP contribution in [0.25, 0.3) is 11.0 Å². The van der Waals surface area contributed by atoms with Gasteiger partial charge >= 0.3 is 0 Å². The maximum absolute atomic E-state index is 9.93. The first-order valence-electron chi connectivity index (χ1n) is 5.64. The second-order valence-electron chi connectivity index (χ2n) is 4.24. The van der Waals surface area contributed by atoms with E-state index in [4.69, 9.17) is 10.8 Å². The van der Waals surface area contributed by atoms with Crippen LogP contribution in [0, 0.1) is 0 Å². The number of rotatable bonds is 2. The fourth-order valence-electron chi connectivity index (χ4n) is 2.20. The number of nitrogen functional groups attached to an aromatic ring is 1. The Balaban J connectivity index is 2.17. The van der Waals surface area contributed by atoms with E-state index in [1.807, 2.05) is 0 Å². The van der Waals surface area contributed by atoms with Gasteiger partial charge in [0.25, 0.3) is 0 Å². The molecular formula is C12H12N4O3. The molecule has 0 unspecified atom stereocenters. The summed E-state index contributed by atoms with van der Waals surface area (Å²) in [5.74, 6) is -0.219. The Kier molecular flexibility index (Phi) is 2.42. The number of allylic oxidation sites excluding steroid dienone is 1. The van der Waals surface area contributed by atoms with Crippen molar-refractivity contribution in [3.63, 3.8) is 0 Å². The SMILES string of the molecule is Nc1nccc2c1ncn2[C@@H]1C=C(CO)C(O)=C1O. The minimum Gasteiger partial charge on any atom is -0.506 e. The van der Waals surface area contributed by atoms with E-state index in [0.717, 1.165) is 0 Å². The van der Waals surface area contributed by atoms with Crippen LogP contribution in [0.3, 0.4) is 0 Å². The number of aliphatic hydroxyl groups is 3. The van der Waals surface area contributed by atoms with E-state index >= 15 is 0 Å². The number of aliphatic hydroxyl groups excluding tert-OH is 3. The van der Waals surface area contributed by atoms with Gasteiger partial charge in [-0.3, -0.25) is 0 Å². The highest BCUT2D eigenvalue weighted by Crippen LogP contribution is 2.33. The fourth-order valence-corrected chi connectivity index (χ4v) is 2.20. The van der Waals surface area contributed by atoms with Crippen LogP contribution in [0.15, 0.2) is 41.8 Å². The lowest BCUT2D eigenvalue weighted by molar-refractivity contribution is 0.290. The zero-order valence-electron chi connectivity index (χ0n) is 9.85. The molecule has 5 N–H and O–H groups in total. The van der Waals surface area contributed by atoms with Crippen LogP contribution in [0.2, 0.25) is 0 Å². The number of hydrogen-bond donors (Lipinski definition) is 4. The highest BCUT2D eigenvalue weighted by molar-refractivity contribution is 5.84. The summed E-state index contributed by atoms with van der Waals surface area (Å²) in [6.07, 6.45) is 4.62. The third kappa shape index (κ3) is 1.55. The van der Waals surface area contributed by atoms with Gasteiger partial charge in [0.05, 0.1) is 18.5 Å². The van der Waals surface area contributed by atoms with Crippen LogP contribution in [-0.4, -0.2) is 36.5 Å². The lowest BCUT2D eigenvalue weighted by Gasteiger charge is -2.11. The lowest BCUT2D eigenvalue weighted by Crippen LogP contribution is -2.06. The Bertz CT molecular complexity index is 717. The monoisotopic (exact) mass is 260 g/mol. The minimum atomic E-state index is -0.603. The third-order valence-electron chi connectivity index (χ3n) is 3.18. The second kappa shape index (κ2) is 3.99. The molecule has 0 aliphatic heterocycles. The second-order valence-corrected chi connectivity index (χ2v) is 4.24. The molecule has 0 bridgehead atoms. The van der Waals surface area contributed by atoms with Gasteiger partial charge in [-0.25, -0.2) is 9.97 Å². The van der Waals surface area contributed by atoms with Crippen molar-refractivity contribution in [1.29, 1.82) is 0 Å². The Morgan fingerprint density at radius 1 is 1.32 bits per heavy atom. The van der Waals surface area contributed by atoms with Crippen molar-refractivity contribution in [3.8, 4) is 0 Å². The quantitative estimate of drug-likeness (QED) is 0.634. The van der Waals surface area contributed by atoms with E-state index in [0.29, 0.717) is 16.9 Å². The summed E-state index contributed by atoms with van der Waals surface area (Å²) < 4.78 is 1.65. The normalized spacial score (nSPS) is 19.2. The minimum absolute atomic E-state index is 0.223. The van der Waals surface area contributed by atoms with Gasteiger partial charge in [0.2, 0.25) is 0 Å². The zero-order valence-corrected chi connectivity index (χ0v) is 9.85. The van der Waals surface area contributed by atoms with Crippen molar-refractivity contribution in [1.82, 2.24) is 14.5 Å². The molecule has 0 amide bonds. The molecule has 2 aromatic rings. The third-order valence-corrected chi connectivity index (χ3v) is 3.18. The maximum Gasteiger partial charge on any atom is 0.161 e. The zero-order chi connectivity index (χ0) is 13.6. The Labute approximate surface area is 107 Å².